The lowest BCUT2D eigenvalue weighted by Gasteiger charge is -2.38. The van der Waals surface area contributed by atoms with Gasteiger partial charge in [0.05, 0.1) is 16.7 Å². The highest BCUT2D eigenvalue weighted by Gasteiger charge is 2.31. The van der Waals surface area contributed by atoms with Gasteiger partial charge in [-0.15, -0.1) is 0 Å². The number of halogens is 2. The molecule has 0 radical (unpaired) electrons. The van der Waals surface area contributed by atoms with Crippen LogP contribution in [0.3, 0.4) is 0 Å². The molecular weight excluding hydrogens is 373 g/mol. The first-order chi connectivity index (χ1) is 12.5. The van der Waals surface area contributed by atoms with Crippen molar-refractivity contribution in [2.45, 2.75) is 52.1 Å². The third-order valence-electron chi connectivity index (χ3n) is 4.82. The minimum atomic E-state index is -0.208. The maximum Gasteiger partial charge on any atom is 0.302 e. The lowest BCUT2D eigenvalue weighted by atomic mass is 9.90. The average molecular weight is 402 g/mol. The molecule has 0 unspecified atom stereocenters. The number of hydrogen-bond donors (Lipinski definition) is 0. The molecule has 0 bridgehead atoms. The number of hydrogen-bond acceptors (Lipinski definition) is 4. The van der Waals surface area contributed by atoms with Crippen molar-refractivity contribution in [1.82, 2.24) is 4.90 Å². The van der Waals surface area contributed by atoms with Gasteiger partial charge in [0.2, 0.25) is 0 Å². The zero-order valence-corrected chi connectivity index (χ0v) is 17.2. The van der Waals surface area contributed by atoms with Gasteiger partial charge in [-0.1, -0.05) is 43.0 Å². The molecule has 0 spiro atoms. The van der Waals surface area contributed by atoms with Crippen molar-refractivity contribution in [3.8, 4) is 5.75 Å². The summed E-state index contributed by atoms with van der Waals surface area (Å²) in [6.07, 6.45) is 5.48. The van der Waals surface area contributed by atoms with Crippen LogP contribution in [0.1, 0.15) is 46.0 Å². The van der Waals surface area contributed by atoms with Gasteiger partial charge in [-0.25, -0.2) is 0 Å². The highest BCUT2D eigenvalue weighted by Crippen LogP contribution is 2.28. The predicted octanol–water partition coefficient (Wildman–Crippen LogP) is 5.21. The first kappa shape index (κ1) is 21.3. The molecule has 4 nitrogen and oxygen atoms in total. The topological polar surface area (TPSA) is 38.8 Å². The summed E-state index contributed by atoms with van der Waals surface area (Å²) in [4.78, 5) is 13.9. The van der Waals surface area contributed by atoms with Gasteiger partial charge in [0.1, 0.15) is 11.9 Å². The zero-order chi connectivity index (χ0) is 18.9. The summed E-state index contributed by atoms with van der Waals surface area (Å²) in [6, 6.07) is 5.27. The van der Waals surface area contributed by atoms with Gasteiger partial charge in [0.15, 0.2) is 0 Å². The Labute approximate surface area is 166 Å². The fraction of sp³-hybridized carbons (Fsp3) is 0.650. The number of nitrogens with zero attached hydrogens (tertiary/aromatic N) is 1. The molecule has 1 aliphatic heterocycles. The monoisotopic (exact) mass is 401 g/mol. The maximum absolute atomic E-state index is 11.5. The highest BCUT2D eigenvalue weighted by atomic mass is 35.5. The first-order valence-electron chi connectivity index (χ1n) is 9.47. The van der Waals surface area contributed by atoms with Gasteiger partial charge in [-0.2, -0.15) is 0 Å². The number of ether oxygens (including phenoxy) is 2. The Bertz CT molecular complexity index is 582. The first-order valence-corrected chi connectivity index (χ1v) is 10.2. The Morgan fingerprint density at radius 2 is 2.08 bits per heavy atom. The molecule has 2 rings (SSSR count). The molecule has 1 aromatic carbocycles. The fourth-order valence-corrected chi connectivity index (χ4v) is 3.68. The second-order valence-corrected chi connectivity index (χ2v) is 7.73. The molecule has 0 aliphatic carbocycles. The Morgan fingerprint density at radius 1 is 1.27 bits per heavy atom. The summed E-state index contributed by atoms with van der Waals surface area (Å²) >= 11 is 11.9. The van der Waals surface area contributed by atoms with E-state index < -0.39 is 0 Å². The van der Waals surface area contributed by atoms with Crippen LogP contribution in [0.25, 0.3) is 0 Å². The standard InChI is InChI=1S/C20H29Cl2NO3/c1-3-4-5-10-23-11-8-16(20(14-23)26-15(2)24)9-12-25-17-6-7-18(21)19(22)13-17/h6-7,13,16,20H,3-5,8-12,14H2,1-2H3/t16-,20+/m1/s1. The van der Waals surface area contributed by atoms with Crippen molar-refractivity contribution in [3.05, 3.63) is 28.2 Å². The van der Waals surface area contributed by atoms with Crippen molar-refractivity contribution in [1.29, 1.82) is 0 Å². The largest absolute Gasteiger partial charge is 0.494 e. The van der Waals surface area contributed by atoms with Crippen LogP contribution in [-0.4, -0.2) is 43.2 Å². The second-order valence-electron chi connectivity index (χ2n) is 6.92. The van der Waals surface area contributed by atoms with Crippen LogP contribution in [-0.2, 0) is 9.53 Å². The van der Waals surface area contributed by atoms with Crippen LogP contribution in [0.4, 0.5) is 0 Å². The number of carbonyl (C=O) groups is 1. The number of esters is 1. The van der Waals surface area contributed by atoms with Crippen LogP contribution < -0.4 is 4.74 Å². The van der Waals surface area contributed by atoms with Crippen LogP contribution >= 0.6 is 23.2 Å². The van der Waals surface area contributed by atoms with Crippen molar-refractivity contribution >= 4 is 29.2 Å². The molecule has 1 heterocycles. The van der Waals surface area contributed by atoms with E-state index in [1.54, 1.807) is 12.1 Å². The molecule has 0 saturated carbocycles. The molecule has 1 fully saturated rings. The number of rotatable bonds is 9. The number of unbranched alkanes of at least 4 members (excludes halogenated alkanes) is 2. The Balaban J connectivity index is 1.83. The van der Waals surface area contributed by atoms with E-state index in [1.807, 2.05) is 6.07 Å². The summed E-state index contributed by atoms with van der Waals surface area (Å²) < 4.78 is 11.4. The molecule has 146 valence electrons. The summed E-state index contributed by atoms with van der Waals surface area (Å²) in [7, 11) is 0. The van der Waals surface area contributed by atoms with E-state index in [0.29, 0.717) is 28.3 Å². The normalized spacial score (nSPS) is 20.8. The van der Waals surface area contributed by atoms with Crippen molar-refractivity contribution in [2.24, 2.45) is 5.92 Å². The minimum absolute atomic E-state index is 0.0553. The molecule has 0 amide bonds. The highest BCUT2D eigenvalue weighted by molar-refractivity contribution is 6.42. The lowest BCUT2D eigenvalue weighted by Crippen LogP contribution is -2.46. The smallest absolute Gasteiger partial charge is 0.302 e. The number of benzene rings is 1. The quantitative estimate of drug-likeness (QED) is 0.420. The fourth-order valence-electron chi connectivity index (χ4n) is 3.39. The van der Waals surface area contributed by atoms with Gasteiger partial charge in [-0.3, -0.25) is 9.69 Å². The van der Waals surface area contributed by atoms with Gasteiger partial charge in [0.25, 0.3) is 0 Å². The Kier molecular flexibility index (Phi) is 9.03. The van der Waals surface area contributed by atoms with E-state index >= 15 is 0 Å². The summed E-state index contributed by atoms with van der Waals surface area (Å²) in [5.41, 5.74) is 0. The third kappa shape index (κ3) is 6.98. The van der Waals surface area contributed by atoms with Gasteiger partial charge in [0, 0.05) is 25.5 Å². The van der Waals surface area contributed by atoms with E-state index in [4.69, 9.17) is 32.7 Å². The predicted molar refractivity (Wildman–Crippen MR) is 106 cm³/mol. The Hall–Kier alpha value is -0.970. The lowest BCUT2D eigenvalue weighted by molar-refractivity contribution is -0.153. The van der Waals surface area contributed by atoms with E-state index in [1.165, 1.54) is 26.2 Å². The number of likely N-dealkylation sites (tertiary alicyclic amines) is 1. The third-order valence-corrected chi connectivity index (χ3v) is 5.56. The van der Waals surface area contributed by atoms with Gasteiger partial charge < -0.3 is 9.47 Å². The van der Waals surface area contributed by atoms with E-state index in [-0.39, 0.29) is 12.1 Å². The molecular formula is C20H29Cl2NO3. The zero-order valence-electron chi connectivity index (χ0n) is 15.7. The average Bonchev–Trinajstić information content (AvgIpc) is 2.59. The Morgan fingerprint density at radius 3 is 2.77 bits per heavy atom. The summed E-state index contributed by atoms with van der Waals surface area (Å²) in [5, 5.41) is 1.01. The van der Waals surface area contributed by atoms with Crippen molar-refractivity contribution in [3.63, 3.8) is 0 Å². The van der Waals surface area contributed by atoms with Crippen molar-refractivity contribution < 1.29 is 14.3 Å². The van der Waals surface area contributed by atoms with E-state index in [2.05, 4.69) is 11.8 Å². The molecule has 1 aromatic rings. The van der Waals surface area contributed by atoms with E-state index in [9.17, 15) is 4.79 Å². The van der Waals surface area contributed by atoms with Gasteiger partial charge >= 0.3 is 5.97 Å². The van der Waals surface area contributed by atoms with Crippen LogP contribution in [0.2, 0.25) is 10.0 Å². The molecule has 2 atom stereocenters. The molecule has 0 aromatic heterocycles. The van der Waals surface area contributed by atoms with Crippen LogP contribution in [0.15, 0.2) is 18.2 Å². The van der Waals surface area contributed by atoms with Crippen LogP contribution in [0.5, 0.6) is 5.75 Å². The molecule has 1 saturated heterocycles. The molecule has 1 aliphatic rings. The number of piperidine rings is 1. The summed E-state index contributed by atoms with van der Waals surface area (Å²) in [6.45, 7) is 7.22. The summed E-state index contributed by atoms with van der Waals surface area (Å²) in [5.74, 6) is 0.824. The minimum Gasteiger partial charge on any atom is -0.494 e. The van der Waals surface area contributed by atoms with Gasteiger partial charge in [-0.05, 0) is 44.5 Å². The second kappa shape index (κ2) is 11.0. The van der Waals surface area contributed by atoms with E-state index in [0.717, 1.165) is 32.5 Å². The van der Waals surface area contributed by atoms with Crippen molar-refractivity contribution in [2.75, 3.05) is 26.2 Å². The molecule has 0 N–H and O–H groups in total. The molecule has 26 heavy (non-hydrogen) atoms. The number of carbonyl (C=O) groups excluding carboxylic acids is 1. The SMILES string of the molecule is CCCCCN1CC[C@H](CCOc2ccc(Cl)c(Cl)c2)[C@@H](OC(C)=O)C1. The maximum atomic E-state index is 11.5. The molecule has 6 heteroatoms. The van der Waals surface area contributed by atoms with Crippen LogP contribution in [0, 0.1) is 5.92 Å².